The van der Waals surface area contributed by atoms with Gasteiger partial charge in [-0.25, -0.2) is 19.9 Å². The van der Waals surface area contributed by atoms with Gasteiger partial charge in [-0.15, -0.1) is 11.3 Å². The summed E-state index contributed by atoms with van der Waals surface area (Å²) in [6.07, 6.45) is 3.35. The lowest BCUT2D eigenvalue weighted by Crippen LogP contribution is -2.02. The molecule has 0 fully saturated rings. The molecule has 4 heterocycles. The Hall–Kier alpha value is -2.26. The van der Waals surface area contributed by atoms with E-state index in [0.29, 0.717) is 11.6 Å². The molecular formula is C16H17N7S2. The van der Waals surface area contributed by atoms with Crippen LogP contribution in [0, 0.1) is 13.8 Å². The highest BCUT2D eigenvalue weighted by Crippen LogP contribution is 2.38. The zero-order valence-corrected chi connectivity index (χ0v) is 15.9. The van der Waals surface area contributed by atoms with Gasteiger partial charge in [-0.2, -0.15) is 5.10 Å². The molecular weight excluding hydrogens is 354 g/mol. The average molecular weight is 371 g/mol. The van der Waals surface area contributed by atoms with Gasteiger partial charge in [0.15, 0.2) is 5.65 Å². The van der Waals surface area contributed by atoms with Crippen molar-refractivity contribution in [3.05, 3.63) is 28.8 Å². The maximum Gasteiger partial charge on any atom is 0.162 e. The molecule has 0 saturated carbocycles. The smallest absolute Gasteiger partial charge is 0.162 e. The molecule has 0 saturated heterocycles. The Labute approximate surface area is 152 Å². The molecule has 0 radical (unpaired) electrons. The van der Waals surface area contributed by atoms with Gasteiger partial charge in [-0.3, -0.25) is 4.68 Å². The van der Waals surface area contributed by atoms with Gasteiger partial charge in [0.1, 0.15) is 27.8 Å². The molecule has 25 heavy (non-hydrogen) atoms. The molecule has 128 valence electrons. The van der Waals surface area contributed by atoms with Gasteiger partial charge < -0.3 is 5.73 Å². The SMILES string of the molecule is Cc1sc2nc(C(C)Sc3ncnc4c3cnn4C)nc(N)c2c1C. The number of thiophene rings is 1. The van der Waals surface area contributed by atoms with Crippen LogP contribution < -0.4 is 5.73 Å². The van der Waals surface area contributed by atoms with Crippen LogP contribution in [-0.2, 0) is 7.05 Å². The van der Waals surface area contributed by atoms with Gasteiger partial charge in [0.05, 0.1) is 22.2 Å². The second-order valence-corrected chi connectivity index (χ2v) is 8.41. The number of anilines is 1. The van der Waals surface area contributed by atoms with Crippen molar-refractivity contribution in [2.24, 2.45) is 7.05 Å². The molecule has 4 aromatic heterocycles. The number of aryl methyl sites for hydroxylation is 3. The summed E-state index contributed by atoms with van der Waals surface area (Å²) in [4.78, 5) is 20.1. The summed E-state index contributed by atoms with van der Waals surface area (Å²) in [7, 11) is 1.87. The number of thioether (sulfide) groups is 1. The Morgan fingerprint density at radius 2 is 2.04 bits per heavy atom. The van der Waals surface area contributed by atoms with Crippen molar-refractivity contribution in [3.8, 4) is 0 Å². The summed E-state index contributed by atoms with van der Waals surface area (Å²) in [6.45, 7) is 6.20. The number of aromatic nitrogens is 6. The first-order valence-corrected chi connectivity index (χ1v) is 9.47. The van der Waals surface area contributed by atoms with Crippen LogP contribution in [0.3, 0.4) is 0 Å². The van der Waals surface area contributed by atoms with Crippen LogP contribution >= 0.6 is 23.1 Å². The number of nitrogen functional groups attached to an aromatic ring is 1. The van der Waals surface area contributed by atoms with E-state index in [0.717, 1.165) is 31.8 Å². The molecule has 7 nitrogen and oxygen atoms in total. The molecule has 2 N–H and O–H groups in total. The summed E-state index contributed by atoms with van der Waals surface area (Å²) in [6, 6.07) is 0. The third-order valence-electron chi connectivity index (χ3n) is 4.22. The van der Waals surface area contributed by atoms with Crippen molar-refractivity contribution >= 4 is 50.2 Å². The zero-order chi connectivity index (χ0) is 17.7. The van der Waals surface area contributed by atoms with Gasteiger partial charge in [-0.1, -0.05) is 11.8 Å². The van der Waals surface area contributed by atoms with Crippen LogP contribution in [0.4, 0.5) is 5.82 Å². The van der Waals surface area contributed by atoms with Crippen molar-refractivity contribution in [2.45, 2.75) is 31.0 Å². The van der Waals surface area contributed by atoms with Crippen molar-refractivity contribution < 1.29 is 0 Å². The van der Waals surface area contributed by atoms with Gasteiger partial charge in [0.2, 0.25) is 0 Å². The minimum Gasteiger partial charge on any atom is -0.383 e. The summed E-state index contributed by atoms with van der Waals surface area (Å²) in [5.74, 6) is 1.26. The molecule has 0 aliphatic heterocycles. The van der Waals surface area contributed by atoms with E-state index in [-0.39, 0.29) is 5.25 Å². The third-order valence-corrected chi connectivity index (χ3v) is 6.43. The van der Waals surface area contributed by atoms with Crippen molar-refractivity contribution in [1.82, 2.24) is 29.7 Å². The minimum atomic E-state index is 0.00715. The molecule has 1 unspecified atom stereocenters. The highest BCUT2D eigenvalue weighted by Gasteiger charge is 2.19. The number of fused-ring (bicyclic) bond motifs is 2. The first-order valence-electron chi connectivity index (χ1n) is 7.78. The normalized spacial score (nSPS) is 13.0. The summed E-state index contributed by atoms with van der Waals surface area (Å²) in [5.41, 5.74) is 8.18. The van der Waals surface area contributed by atoms with Crippen LogP contribution in [-0.4, -0.2) is 29.7 Å². The first-order chi connectivity index (χ1) is 12.0. The lowest BCUT2D eigenvalue weighted by Gasteiger charge is -2.11. The fourth-order valence-corrected chi connectivity index (χ4v) is 4.70. The van der Waals surface area contributed by atoms with Crippen molar-refractivity contribution in [2.75, 3.05) is 5.73 Å². The Morgan fingerprint density at radius 3 is 2.84 bits per heavy atom. The number of rotatable bonds is 3. The fraction of sp³-hybridized carbons (Fsp3) is 0.312. The molecule has 0 aliphatic rings. The highest BCUT2D eigenvalue weighted by atomic mass is 32.2. The van der Waals surface area contributed by atoms with E-state index in [4.69, 9.17) is 10.7 Å². The van der Waals surface area contributed by atoms with Crippen LogP contribution in [0.2, 0.25) is 0 Å². The second kappa shape index (κ2) is 5.92. The Kier molecular flexibility index (Phi) is 3.84. The molecule has 9 heteroatoms. The van der Waals surface area contributed by atoms with Gasteiger partial charge >= 0.3 is 0 Å². The minimum absolute atomic E-state index is 0.00715. The lowest BCUT2D eigenvalue weighted by atomic mass is 10.2. The number of hydrogen-bond acceptors (Lipinski definition) is 8. The molecule has 0 bridgehead atoms. The number of nitrogens with zero attached hydrogens (tertiary/aromatic N) is 6. The number of nitrogens with two attached hydrogens (primary N) is 1. The van der Waals surface area contributed by atoms with E-state index in [1.807, 2.05) is 7.05 Å². The molecule has 1 atom stereocenters. The van der Waals surface area contributed by atoms with E-state index in [1.165, 1.54) is 4.88 Å². The monoisotopic (exact) mass is 371 g/mol. The van der Waals surface area contributed by atoms with Gasteiger partial charge in [-0.05, 0) is 26.3 Å². The highest BCUT2D eigenvalue weighted by molar-refractivity contribution is 7.99. The van der Waals surface area contributed by atoms with E-state index in [9.17, 15) is 0 Å². The van der Waals surface area contributed by atoms with Crippen LogP contribution in [0.5, 0.6) is 0 Å². The Morgan fingerprint density at radius 1 is 1.24 bits per heavy atom. The Bertz CT molecular complexity index is 1100. The van der Waals surface area contributed by atoms with E-state index in [1.54, 1.807) is 40.3 Å². The maximum atomic E-state index is 6.20. The molecule has 0 spiro atoms. The molecule has 0 aliphatic carbocycles. The second-order valence-electron chi connectivity index (χ2n) is 5.87. The predicted molar refractivity (Wildman–Crippen MR) is 102 cm³/mol. The van der Waals surface area contributed by atoms with E-state index < -0.39 is 0 Å². The summed E-state index contributed by atoms with van der Waals surface area (Å²) >= 11 is 3.24. The van der Waals surface area contributed by atoms with Gasteiger partial charge in [0.25, 0.3) is 0 Å². The number of hydrogen-bond donors (Lipinski definition) is 1. The molecule has 0 amide bonds. The van der Waals surface area contributed by atoms with Crippen LogP contribution in [0.25, 0.3) is 21.3 Å². The standard InChI is InChI=1S/C16H17N7S2/c1-7-8(2)24-16-11(7)12(17)21-13(22-16)9(3)25-15-10-5-20-23(4)14(10)18-6-19-15/h5-6,9H,1-4H3,(H2,17,21,22). The van der Waals surface area contributed by atoms with Crippen LogP contribution in [0.1, 0.15) is 28.4 Å². The third kappa shape index (κ3) is 2.63. The van der Waals surface area contributed by atoms with Crippen molar-refractivity contribution in [3.63, 3.8) is 0 Å². The van der Waals surface area contributed by atoms with E-state index >= 15 is 0 Å². The quantitative estimate of drug-likeness (QED) is 0.435. The zero-order valence-electron chi connectivity index (χ0n) is 14.3. The molecule has 4 rings (SSSR count). The predicted octanol–water partition coefficient (Wildman–Crippen LogP) is 3.42. The largest absolute Gasteiger partial charge is 0.383 e. The van der Waals surface area contributed by atoms with Gasteiger partial charge in [0, 0.05) is 11.9 Å². The fourth-order valence-electron chi connectivity index (χ4n) is 2.73. The summed E-state index contributed by atoms with van der Waals surface area (Å²) in [5, 5.41) is 7.03. The molecule has 0 aromatic carbocycles. The van der Waals surface area contributed by atoms with Crippen molar-refractivity contribution in [1.29, 1.82) is 0 Å². The lowest BCUT2D eigenvalue weighted by molar-refractivity contribution is 0.784. The van der Waals surface area contributed by atoms with Crippen LogP contribution in [0.15, 0.2) is 17.6 Å². The first kappa shape index (κ1) is 16.2. The topological polar surface area (TPSA) is 95.4 Å². The summed E-state index contributed by atoms with van der Waals surface area (Å²) < 4.78 is 1.74. The Balaban J connectivity index is 1.73. The molecule has 4 aromatic rings. The average Bonchev–Trinajstić information content (AvgIpc) is 3.09. The maximum absolute atomic E-state index is 6.20. The van der Waals surface area contributed by atoms with E-state index in [2.05, 4.69) is 40.8 Å².